The van der Waals surface area contributed by atoms with Crippen molar-refractivity contribution in [3.63, 3.8) is 0 Å². The summed E-state index contributed by atoms with van der Waals surface area (Å²) in [6.07, 6.45) is 0. The maximum atomic E-state index is 9.79. The second kappa shape index (κ2) is 5.46. The highest BCUT2D eigenvalue weighted by Crippen LogP contribution is 2.32. The Hall–Kier alpha value is -1.87. The Bertz CT molecular complexity index is 515. The summed E-state index contributed by atoms with van der Waals surface area (Å²) in [7, 11) is 1.61. The Labute approximate surface area is 106 Å². The van der Waals surface area contributed by atoms with Crippen LogP contribution in [0.2, 0.25) is 0 Å². The first-order valence-electron chi connectivity index (χ1n) is 4.93. The number of phenolic OH excluding ortho intramolecular Hbond substituents is 1. The van der Waals surface area contributed by atoms with Gasteiger partial charge in [-0.25, -0.2) is 0 Å². The van der Waals surface area contributed by atoms with Crippen LogP contribution in [0.4, 0.5) is 5.69 Å². The minimum absolute atomic E-state index is 0. The third kappa shape index (κ3) is 2.82. The first-order chi connectivity index (χ1) is 7.70. The maximum absolute atomic E-state index is 9.79. The summed E-state index contributed by atoms with van der Waals surface area (Å²) in [6.45, 7) is 0. The van der Waals surface area contributed by atoms with Crippen LogP contribution in [0.5, 0.6) is 11.5 Å². The average Bonchev–Trinajstić information content (AvgIpc) is 2.29. The Balaban J connectivity index is 0.00000144. The largest absolute Gasteiger partial charge is 0.507 e. The van der Waals surface area contributed by atoms with E-state index in [1.165, 1.54) is 6.07 Å². The predicted octanol–water partition coefficient (Wildman–Crippen LogP) is 3.07. The molecule has 0 aliphatic rings. The van der Waals surface area contributed by atoms with E-state index >= 15 is 0 Å². The van der Waals surface area contributed by atoms with Gasteiger partial charge in [0.2, 0.25) is 0 Å². The third-order valence-electron chi connectivity index (χ3n) is 2.40. The van der Waals surface area contributed by atoms with Gasteiger partial charge in [0.25, 0.3) is 0 Å². The fraction of sp³-hybridized carbons (Fsp3) is 0.0769. The zero-order chi connectivity index (χ0) is 11.5. The van der Waals surface area contributed by atoms with E-state index in [2.05, 4.69) is 0 Å². The van der Waals surface area contributed by atoms with Crippen molar-refractivity contribution >= 4 is 18.1 Å². The maximum Gasteiger partial charge on any atom is 0.125 e. The highest BCUT2D eigenvalue weighted by atomic mass is 35.5. The van der Waals surface area contributed by atoms with Crippen LogP contribution in [0.3, 0.4) is 0 Å². The number of hydrogen-bond donors (Lipinski definition) is 2. The van der Waals surface area contributed by atoms with E-state index < -0.39 is 0 Å². The molecule has 0 radical (unpaired) electrons. The Morgan fingerprint density at radius 3 is 2.53 bits per heavy atom. The minimum atomic E-state index is 0. The Morgan fingerprint density at radius 2 is 1.88 bits per heavy atom. The van der Waals surface area contributed by atoms with E-state index in [9.17, 15) is 5.11 Å². The average molecular weight is 252 g/mol. The first kappa shape index (κ1) is 13.2. The number of rotatable bonds is 2. The molecule has 0 aliphatic carbocycles. The number of methoxy groups -OCH3 is 1. The van der Waals surface area contributed by atoms with Crippen molar-refractivity contribution in [2.75, 3.05) is 12.8 Å². The van der Waals surface area contributed by atoms with Gasteiger partial charge >= 0.3 is 0 Å². The van der Waals surface area contributed by atoms with Gasteiger partial charge < -0.3 is 15.6 Å². The lowest BCUT2D eigenvalue weighted by atomic mass is 10.0. The van der Waals surface area contributed by atoms with Crippen LogP contribution in [-0.4, -0.2) is 12.2 Å². The molecule has 0 unspecified atom stereocenters. The van der Waals surface area contributed by atoms with E-state index in [1.807, 2.05) is 24.3 Å². The molecule has 90 valence electrons. The number of anilines is 1. The van der Waals surface area contributed by atoms with Crippen LogP contribution in [0.1, 0.15) is 0 Å². The van der Waals surface area contributed by atoms with Crippen molar-refractivity contribution < 1.29 is 9.84 Å². The molecule has 0 amide bonds. The van der Waals surface area contributed by atoms with Gasteiger partial charge in [-0.05, 0) is 29.8 Å². The number of ether oxygens (including phenoxy) is 1. The molecule has 3 N–H and O–H groups in total. The van der Waals surface area contributed by atoms with Crippen LogP contribution in [0, 0.1) is 0 Å². The number of aromatic hydroxyl groups is 1. The van der Waals surface area contributed by atoms with Gasteiger partial charge in [0.05, 0.1) is 7.11 Å². The van der Waals surface area contributed by atoms with Crippen molar-refractivity contribution in [1.82, 2.24) is 0 Å². The summed E-state index contributed by atoms with van der Waals surface area (Å²) in [5.41, 5.74) is 7.77. The molecule has 0 fully saturated rings. The van der Waals surface area contributed by atoms with Gasteiger partial charge in [-0.1, -0.05) is 12.1 Å². The lowest BCUT2D eigenvalue weighted by molar-refractivity contribution is 0.415. The third-order valence-corrected chi connectivity index (χ3v) is 2.40. The molecule has 4 heteroatoms. The predicted molar refractivity (Wildman–Crippen MR) is 71.8 cm³/mol. The second-order valence-corrected chi connectivity index (χ2v) is 3.51. The molecule has 0 heterocycles. The number of phenols is 1. The zero-order valence-corrected chi connectivity index (χ0v) is 10.2. The van der Waals surface area contributed by atoms with E-state index in [0.717, 1.165) is 16.9 Å². The van der Waals surface area contributed by atoms with E-state index in [-0.39, 0.29) is 18.2 Å². The van der Waals surface area contributed by atoms with Crippen molar-refractivity contribution in [2.24, 2.45) is 0 Å². The van der Waals surface area contributed by atoms with Gasteiger partial charge in [0, 0.05) is 17.3 Å². The Morgan fingerprint density at radius 1 is 1.12 bits per heavy atom. The van der Waals surface area contributed by atoms with Crippen LogP contribution >= 0.6 is 12.4 Å². The molecule has 2 aromatic rings. The van der Waals surface area contributed by atoms with E-state index in [1.54, 1.807) is 19.2 Å². The van der Waals surface area contributed by atoms with Gasteiger partial charge in [0.15, 0.2) is 0 Å². The van der Waals surface area contributed by atoms with Crippen LogP contribution in [0.15, 0.2) is 42.5 Å². The monoisotopic (exact) mass is 251 g/mol. The number of hydrogen-bond acceptors (Lipinski definition) is 3. The topological polar surface area (TPSA) is 55.5 Å². The quantitative estimate of drug-likeness (QED) is 0.807. The van der Waals surface area contributed by atoms with Crippen LogP contribution < -0.4 is 10.5 Å². The van der Waals surface area contributed by atoms with Crippen molar-refractivity contribution in [2.45, 2.75) is 0 Å². The van der Waals surface area contributed by atoms with Gasteiger partial charge in [-0.3, -0.25) is 0 Å². The van der Waals surface area contributed by atoms with E-state index in [4.69, 9.17) is 10.5 Å². The minimum Gasteiger partial charge on any atom is -0.507 e. The molecule has 0 saturated heterocycles. The summed E-state index contributed by atoms with van der Waals surface area (Å²) in [4.78, 5) is 0. The van der Waals surface area contributed by atoms with Gasteiger partial charge in [-0.15, -0.1) is 12.4 Å². The van der Waals surface area contributed by atoms with E-state index in [0.29, 0.717) is 5.69 Å². The SMILES string of the molecule is COc1cccc(-c2ccc(N)cc2O)c1.Cl. The summed E-state index contributed by atoms with van der Waals surface area (Å²) in [5.74, 6) is 0.932. The molecule has 2 rings (SSSR count). The molecular weight excluding hydrogens is 238 g/mol. The molecule has 0 bridgehead atoms. The lowest BCUT2D eigenvalue weighted by Gasteiger charge is -2.07. The summed E-state index contributed by atoms with van der Waals surface area (Å²) in [6, 6.07) is 12.6. The zero-order valence-electron chi connectivity index (χ0n) is 9.38. The van der Waals surface area contributed by atoms with Gasteiger partial charge in [-0.2, -0.15) is 0 Å². The van der Waals surface area contributed by atoms with Crippen molar-refractivity contribution in [3.8, 4) is 22.6 Å². The fourth-order valence-electron chi connectivity index (χ4n) is 1.58. The molecule has 2 aromatic carbocycles. The number of nitrogens with two attached hydrogens (primary N) is 1. The molecule has 0 saturated carbocycles. The Kier molecular flexibility index (Phi) is 4.24. The summed E-state index contributed by atoms with van der Waals surface area (Å²) < 4.78 is 5.13. The number of benzene rings is 2. The van der Waals surface area contributed by atoms with Crippen LogP contribution in [0.25, 0.3) is 11.1 Å². The molecule has 0 spiro atoms. The smallest absolute Gasteiger partial charge is 0.125 e. The molecule has 0 atom stereocenters. The summed E-state index contributed by atoms with van der Waals surface area (Å²) in [5, 5.41) is 9.79. The molecule has 0 aliphatic heterocycles. The normalized spacial score (nSPS) is 9.47. The molecule has 17 heavy (non-hydrogen) atoms. The van der Waals surface area contributed by atoms with Crippen LogP contribution in [-0.2, 0) is 0 Å². The second-order valence-electron chi connectivity index (χ2n) is 3.51. The summed E-state index contributed by atoms with van der Waals surface area (Å²) >= 11 is 0. The molecular formula is C13H14ClNO2. The lowest BCUT2D eigenvalue weighted by Crippen LogP contribution is -1.87. The highest BCUT2D eigenvalue weighted by Gasteiger charge is 2.05. The van der Waals surface area contributed by atoms with Crippen molar-refractivity contribution in [3.05, 3.63) is 42.5 Å². The van der Waals surface area contributed by atoms with Crippen molar-refractivity contribution in [1.29, 1.82) is 0 Å². The number of halogens is 1. The van der Waals surface area contributed by atoms with Gasteiger partial charge in [0.1, 0.15) is 11.5 Å². The fourth-order valence-corrected chi connectivity index (χ4v) is 1.58. The standard InChI is InChI=1S/C13H13NO2.ClH/c1-16-11-4-2-3-9(7-11)12-6-5-10(14)8-13(12)15;/h2-8,15H,14H2,1H3;1H. The first-order valence-corrected chi connectivity index (χ1v) is 4.93. The highest BCUT2D eigenvalue weighted by molar-refractivity contribution is 5.85. The molecule has 0 aromatic heterocycles. The number of nitrogen functional groups attached to an aromatic ring is 1. The molecule has 3 nitrogen and oxygen atoms in total.